The maximum absolute atomic E-state index is 12.5. The first-order chi connectivity index (χ1) is 16.3. The summed E-state index contributed by atoms with van der Waals surface area (Å²) in [4.78, 5) is 15.7. The number of rotatable bonds is 7. The Morgan fingerprint density at radius 2 is 1.85 bits per heavy atom. The maximum Gasteiger partial charge on any atom is 0.289 e. The molecule has 162 valence electrons. The maximum atomic E-state index is 12.5. The van der Waals surface area contributed by atoms with Crippen LogP contribution in [0.1, 0.15) is 21.6 Å². The molecule has 3 N–H and O–H groups in total. The topological polar surface area (TPSA) is 95.2 Å². The van der Waals surface area contributed by atoms with Crippen LogP contribution in [0, 0.1) is 0 Å². The summed E-state index contributed by atoms with van der Waals surface area (Å²) in [6.45, 7) is 0.479. The van der Waals surface area contributed by atoms with Gasteiger partial charge in [0.15, 0.2) is 0 Å². The van der Waals surface area contributed by atoms with Crippen molar-refractivity contribution in [2.45, 2.75) is 6.61 Å². The molecule has 2 aromatic heterocycles. The standard InChI is InChI=1S/C26H21N5O2/c32-26(31-28-16-20-15-27-23-12-5-4-11-22(20)23)25-14-24(29-30-25)19-9-6-10-21(13-19)33-17-18-7-2-1-3-8-18/h1-16,27H,17H2,(H,29,30)(H,31,32)/b28-16-. The van der Waals surface area contributed by atoms with Crippen LogP contribution in [-0.2, 0) is 6.61 Å². The highest BCUT2D eigenvalue weighted by Gasteiger charge is 2.11. The summed E-state index contributed by atoms with van der Waals surface area (Å²) in [5, 5.41) is 12.2. The smallest absolute Gasteiger partial charge is 0.289 e. The van der Waals surface area contributed by atoms with E-state index in [2.05, 4.69) is 25.7 Å². The molecule has 0 saturated heterocycles. The first kappa shape index (κ1) is 20.3. The van der Waals surface area contributed by atoms with Crippen molar-refractivity contribution in [3.8, 4) is 17.0 Å². The van der Waals surface area contributed by atoms with E-state index in [9.17, 15) is 4.79 Å². The summed E-state index contributed by atoms with van der Waals surface area (Å²) in [6.07, 6.45) is 3.46. The molecule has 0 aliphatic rings. The van der Waals surface area contributed by atoms with Crippen molar-refractivity contribution in [2.75, 3.05) is 0 Å². The quantitative estimate of drug-likeness (QED) is 0.251. The van der Waals surface area contributed by atoms with Crippen molar-refractivity contribution < 1.29 is 9.53 Å². The fourth-order valence-electron chi connectivity index (χ4n) is 3.49. The van der Waals surface area contributed by atoms with E-state index in [1.165, 1.54) is 0 Å². The SMILES string of the molecule is O=C(N/N=C\c1c[nH]c2ccccc12)c1cc(-c2cccc(OCc3ccccc3)c2)n[nH]1. The van der Waals surface area contributed by atoms with Crippen LogP contribution in [-0.4, -0.2) is 27.3 Å². The van der Waals surface area contributed by atoms with Gasteiger partial charge in [-0.05, 0) is 29.8 Å². The second-order valence-electron chi connectivity index (χ2n) is 7.46. The second kappa shape index (κ2) is 9.23. The monoisotopic (exact) mass is 435 g/mol. The Bertz CT molecular complexity index is 1420. The highest BCUT2D eigenvalue weighted by Crippen LogP contribution is 2.23. The number of carbonyl (C=O) groups excluding carboxylic acids is 1. The first-order valence-corrected chi connectivity index (χ1v) is 10.5. The van der Waals surface area contributed by atoms with Crippen LogP contribution in [0.3, 0.4) is 0 Å². The number of nitrogens with zero attached hydrogens (tertiary/aromatic N) is 2. The summed E-state index contributed by atoms with van der Waals surface area (Å²) >= 11 is 0. The minimum atomic E-state index is -0.374. The molecule has 2 heterocycles. The van der Waals surface area contributed by atoms with Crippen LogP contribution < -0.4 is 10.2 Å². The Morgan fingerprint density at radius 3 is 2.76 bits per heavy atom. The first-order valence-electron chi connectivity index (χ1n) is 10.5. The van der Waals surface area contributed by atoms with Gasteiger partial charge >= 0.3 is 0 Å². The summed E-state index contributed by atoms with van der Waals surface area (Å²) in [5.74, 6) is 0.356. The summed E-state index contributed by atoms with van der Waals surface area (Å²) in [5.41, 5.74) is 7.34. The van der Waals surface area contributed by atoms with Gasteiger partial charge in [0.05, 0.1) is 11.9 Å². The van der Waals surface area contributed by atoms with Crippen LogP contribution in [0.15, 0.2) is 96.2 Å². The lowest BCUT2D eigenvalue weighted by atomic mass is 10.1. The Morgan fingerprint density at radius 1 is 1.00 bits per heavy atom. The zero-order chi connectivity index (χ0) is 22.5. The highest BCUT2D eigenvalue weighted by atomic mass is 16.5. The summed E-state index contributed by atoms with van der Waals surface area (Å²) < 4.78 is 5.89. The lowest BCUT2D eigenvalue weighted by molar-refractivity contribution is 0.0950. The zero-order valence-electron chi connectivity index (χ0n) is 17.7. The van der Waals surface area contributed by atoms with E-state index in [0.717, 1.165) is 33.3 Å². The van der Waals surface area contributed by atoms with Gasteiger partial charge in [-0.1, -0.05) is 60.7 Å². The van der Waals surface area contributed by atoms with E-state index in [1.807, 2.05) is 85.1 Å². The molecule has 7 nitrogen and oxygen atoms in total. The van der Waals surface area contributed by atoms with Gasteiger partial charge in [0.1, 0.15) is 18.1 Å². The number of fused-ring (bicyclic) bond motifs is 1. The number of carbonyl (C=O) groups is 1. The lowest BCUT2D eigenvalue weighted by Gasteiger charge is -2.07. The van der Waals surface area contributed by atoms with Crippen molar-refractivity contribution in [3.63, 3.8) is 0 Å². The van der Waals surface area contributed by atoms with Gasteiger partial charge in [0.2, 0.25) is 0 Å². The molecule has 0 fully saturated rings. The van der Waals surface area contributed by atoms with Gasteiger partial charge in [0, 0.05) is 28.2 Å². The number of benzene rings is 3. The minimum absolute atomic E-state index is 0.316. The third kappa shape index (κ3) is 4.67. The Labute approximate surface area is 190 Å². The van der Waals surface area contributed by atoms with Gasteiger partial charge in [-0.25, -0.2) is 5.43 Å². The van der Waals surface area contributed by atoms with Crippen molar-refractivity contribution in [1.29, 1.82) is 0 Å². The zero-order valence-corrected chi connectivity index (χ0v) is 17.7. The molecular weight excluding hydrogens is 414 g/mol. The van der Waals surface area contributed by atoms with Crippen LogP contribution in [0.25, 0.3) is 22.2 Å². The minimum Gasteiger partial charge on any atom is -0.489 e. The van der Waals surface area contributed by atoms with Crippen LogP contribution in [0.4, 0.5) is 0 Å². The number of para-hydroxylation sites is 1. The molecule has 0 spiro atoms. The normalized spacial score (nSPS) is 11.2. The van der Waals surface area contributed by atoms with Gasteiger partial charge in [-0.3, -0.25) is 9.89 Å². The summed E-state index contributed by atoms with van der Waals surface area (Å²) in [7, 11) is 0. The van der Waals surface area contributed by atoms with E-state index in [4.69, 9.17) is 4.74 Å². The number of aromatic amines is 2. The van der Waals surface area contributed by atoms with E-state index >= 15 is 0 Å². The predicted octanol–water partition coefficient (Wildman–Crippen LogP) is 4.90. The molecule has 5 aromatic rings. The molecule has 33 heavy (non-hydrogen) atoms. The van der Waals surface area contributed by atoms with E-state index in [0.29, 0.717) is 18.0 Å². The molecule has 7 heteroatoms. The molecule has 0 atom stereocenters. The molecule has 0 aliphatic heterocycles. The molecule has 0 unspecified atom stereocenters. The number of hydrazone groups is 1. The van der Waals surface area contributed by atoms with Crippen molar-refractivity contribution in [2.24, 2.45) is 5.10 Å². The number of nitrogens with one attached hydrogen (secondary N) is 3. The van der Waals surface area contributed by atoms with E-state index in [-0.39, 0.29) is 5.91 Å². The summed E-state index contributed by atoms with van der Waals surface area (Å²) in [6, 6.07) is 27.2. The fourth-order valence-corrected chi connectivity index (χ4v) is 3.49. The van der Waals surface area contributed by atoms with Gasteiger partial charge in [0.25, 0.3) is 5.91 Å². The molecule has 3 aromatic carbocycles. The van der Waals surface area contributed by atoms with Gasteiger partial charge in [-0.15, -0.1) is 0 Å². The Balaban J connectivity index is 1.23. The van der Waals surface area contributed by atoms with Crippen LogP contribution >= 0.6 is 0 Å². The van der Waals surface area contributed by atoms with Gasteiger partial charge < -0.3 is 9.72 Å². The molecule has 1 amide bonds. The van der Waals surface area contributed by atoms with Crippen molar-refractivity contribution in [1.82, 2.24) is 20.6 Å². The molecular formula is C26H21N5O2. The average Bonchev–Trinajstić information content (AvgIpc) is 3.52. The number of aromatic nitrogens is 3. The fraction of sp³-hybridized carbons (Fsp3) is 0.0385. The molecule has 0 aliphatic carbocycles. The Hall–Kier alpha value is -4.65. The third-order valence-corrected chi connectivity index (χ3v) is 5.19. The van der Waals surface area contributed by atoms with E-state index < -0.39 is 0 Å². The number of hydrogen-bond acceptors (Lipinski definition) is 4. The molecule has 5 rings (SSSR count). The lowest BCUT2D eigenvalue weighted by Crippen LogP contribution is -2.17. The predicted molar refractivity (Wildman–Crippen MR) is 128 cm³/mol. The third-order valence-electron chi connectivity index (χ3n) is 5.19. The highest BCUT2D eigenvalue weighted by molar-refractivity contribution is 6.00. The Kier molecular flexibility index (Phi) is 5.67. The number of hydrogen-bond donors (Lipinski definition) is 3. The van der Waals surface area contributed by atoms with Crippen molar-refractivity contribution >= 4 is 23.0 Å². The largest absolute Gasteiger partial charge is 0.489 e. The second-order valence-corrected chi connectivity index (χ2v) is 7.46. The van der Waals surface area contributed by atoms with Crippen LogP contribution in [0.5, 0.6) is 5.75 Å². The molecule has 0 bridgehead atoms. The molecule has 0 radical (unpaired) electrons. The molecule has 0 saturated carbocycles. The average molecular weight is 435 g/mol. The van der Waals surface area contributed by atoms with Crippen LogP contribution in [0.2, 0.25) is 0 Å². The number of H-pyrrole nitrogens is 2. The van der Waals surface area contributed by atoms with Gasteiger partial charge in [-0.2, -0.15) is 10.2 Å². The number of amides is 1. The van der Waals surface area contributed by atoms with Crippen molar-refractivity contribution in [3.05, 3.63) is 108 Å². The number of ether oxygens (including phenoxy) is 1. The van der Waals surface area contributed by atoms with E-state index in [1.54, 1.807) is 12.3 Å².